The molecular formula is C14H11Cl2N5O2. The molecule has 3 aromatic rings. The predicted octanol–water partition coefficient (Wildman–Crippen LogP) is 2.39. The summed E-state index contributed by atoms with van der Waals surface area (Å²) in [4.78, 5) is 31.6. The molecule has 0 aliphatic carbocycles. The molecule has 118 valence electrons. The summed E-state index contributed by atoms with van der Waals surface area (Å²) in [6, 6.07) is 5.09. The van der Waals surface area contributed by atoms with E-state index < -0.39 is 0 Å². The Morgan fingerprint density at radius 2 is 2.13 bits per heavy atom. The largest absolute Gasteiger partial charge is 0.315 e. The first-order chi connectivity index (χ1) is 11.0. The van der Waals surface area contributed by atoms with E-state index in [9.17, 15) is 9.59 Å². The molecule has 0 amide bonds. The van der Waals surface area contributed by atoms with E-state index in [2.05, 4.69) is 15.1 Å². The van der Waals surface area contributed by atoms with Crippen LogP contribution in [0.25, 0.3) is 11.0 Å². The van der Waals surface area contributed by atoms with E-state index in [1.165, 1.54) is 10.9 Å². The van der Waals surface area contributed by atoms with Crippen molar-refractivity contribution in [1.82, 2.24) is 19.7 Å². The third-order valence-corrected chi connectivity index (χ3v) is 4.08. The second kappa shape index (κ2) is 6.02. The first-order valence-electron chi connectivity index (χ1n) is 6.59. The van der Waals surface area contributed by atoms with Gasteiger partial charge in [-0.15, -0.1) is 0 Å². The molecule has 0 bridgehead atoms. The quantitative estimate of drug-likeness (QED) is 0.729. The molecule has 7 nitrogen and oxygen atoms in total. The lowest BCUT2D eigenvalue weighted by molar-refractivity contribution is -0.108. The van der Waals surface area contributed by atoms with Crippen LogP contribution in [0, 0.1) is 0 Å². The van der Waals surface area contributed by atoms with Crippen molar-refractivity contribution < 1.29 is 4.79 Å². The van der Waals surface area contributed by atoms with Crippen LogP contribution in [0.3, 0.4) is 0 Å². The van der Waals surface area contributed by atoms with Gasteiger partial charge >= 0.3 is 0 Å². The van der Waals surface area contributed by atoms with Crippen LogP contribution < -0.4 is 10.5 Å². The van der Waals surface area contributed by atoms with Crippen LogP contribution >= 0.6 is 23.2 Å². The van der Waals surface area contributed by atoms with Gasteiger partial charge in [-0.05, 0) is 18.2 Å². The number of aromatic amines is 1. The van der Waals surface area contributed by atoms with Gasteiger partial charge in [0.2, 0.25) is 5.95 Å². The van der Waals surface area contributed by atoms with Crippen molar-refractivity contribution in [2.24, 2.45) is 0 Å². The van der Waals surface area contributed by atoms with Gasteiger partial charge in [-0.25, -0.2) is 4.98 Å². The Hall–Kier alpha value is -2.38. The van der Waals surface area contributed by atoms with Crippen LogP contribution in [0.2, 0.25) is 10.0 Å². The molecule has 0 aliphatic rings. The fourth-order valence-electron chi connectivity index (χ4n) is 2.18. The Bertz CT molecular complexity index is 950. The molecule has 1 N–H and O–H groups in total. The zero-order valence-electron chi connectivity index (χ0n) is 12.0. The maximum Gasteiger partial charge on any atom is 0.278 e. The molecule has 9 heteroatoms. The number of rotatable bonds is 4. The third kappa shape index (κ3) is 2.80. The van der Waals surface area contributed by atoms with Crippen LogP contribution in [-0.2, 0) is 11.3 Å². The number of aromatic nitrogens is 4. The van der Waals surface area contributed by atoms with Gasteiger partial charge in [-0.1, -0.05) is 23.2 Å². The number of anilines is 2. The number of nitrogens with one attached hydrogen (secondary N) is 1. The molecule has 0 saturated heterocycles. The van der Waals surface area contributed by atoms with E-state index in [0.717, 1.165) is 0 Å². The van der Waals surface area contributed by atoms with Gasteiger partial charge in [-0.2, -0.15) is 5.10 Å². The number of H-pyrrole nitrogens is 1. The third-order valence-electron chi connectivity index (χ3n) is 3.34. The SMILES string of the molecule is CN(c1ccc(Cl)c(Cl)c1)c1nc2cnn(CC=O)c2c(=O)[nH]1. The monoisotopic (exact) mass is 351 g/mol. The number of nitrogens with zero attached hydrogens (tertiary/aromatic N) is 4. The molecule has 0 radical (unpaired) electrons. The Balaban J connectivity index is 2.07. The van der Waals surface area contributed by atoms with E-state index in [1.54, 1.807) is 30.1 Å². The molecule has 0 saturated carbocycles. The van der Waals surface area contributed by atoms with Crippen LogP contribution in [0.4, 0.5) is 11.6 Å². The molecule has 23 heavy (non-hydrogen) atoms. The summed E-state index contributed by atoms with van der Waals surface area (Å²) in [5, 5.41) is 4.83. The summed E-state index contributed by atoms with van der Waals surface area (Å²) < 4.78 is 1.30. The smallest absolute Gasteiger partial charge is 0.278 e. The zero-order chi connectivity index (χ0) is 16.6. The molecular weight excluding hydrogens is 341 g/mol. The standard InChI is InChI=1S/C14H11Cl2N5O2/c1-20(8-2-3-9(15)10(16)6-8)14-18-11-7-17-21(4-5-22)12(11)13(23)19-14/h2-3,5-7H,4H2,1H3,(H,18,19,23). The normalized spacial score (nSPS) is 10.9. The van der Waals surface area contributed by atoms with Crippen LogP contribution in [-0.4, -0.2) is 33.1 Å². The fraction of sp³-hybridized carbons (Fsp3) is 0.143. The Kier molecular flexibility index (Phi) is 4.06. The molecule has 1 aromatic carbocycles. The van der Waals surface area contributed by atoms with Gasteiger partial charge in [0, 0.05) is 12.7 Å². The summed E-state index contributed by atoms with van der Waals surface area (Å²) in [5.41, 5.74) is 0.986. The lowest BCUT2D eigenvalue weighted by atomic mass is 10.3. The Labute approximate surface area is 140 Å². The number of carbonyl (C=O) groups is 1. The minimum atomic E-state index is -0.378. The molecule has 3 rings (SSSR count). The van der Waals surface area contributed by atoms with Gasteiger partial charge in [0.25, 0.3) is 5.56 Å². The first kappa shape index (κ1) is 15.5. The number of carbonyl (C=O) groups excluding carboxylic acids is 1. The van der Waals surface area contributed by atoms with Crippen molar-refractivity contribution in [2.75, 3.05) is 11.9 Å². The van der Waals surface area contributed by atoms with Crippen molar-refractivity contribution >= 4 is 52.2 Å². The van der Waals surface area contributed by atoms with Crippen LogP contribution in [0.1, 0.15) is 0 Å². The highest BCUT2D eigenvalue weighted by Crippen LogP contribution is 2.29. The number of hydrogen-bond donors (Lipinski definition) is 1. The van der Waals surface area contributed by atoms with Gasteiger partial charge < -0.3 is 9.69 Å². The van der Waals surface area contributed by atoms with Crippen molar-refractivity contribution in [3.8, 4) is 0 Å². The lowest BCUT2D eigenvalue weighted by Gasteiger charge is -2.18. The minimum Gasteiger partial charge on any atom is -0.315 e. The van der Waals surface area contributed by atoms with E-state index in [1.807, 2.05) is 0 Å². The Morgan fingerprint density at radius 1 is 1.35 bits per heavy atom. The first-order valence-corrected chi connectivity index (χ1v) is 7.35. The van der Waals surface area contributed by atoms with Crippen molar-refractivity contribution in [1.29, 1.82) is 0 Å². The van der Waals surface area contributed by atoms with Crippen LogP contribution in [0.5, 0.6) is 0 Å². The summed E-state index contributed by atoms with van der Waals surface area (Å²) in [5.74, 6) is 0.326. The molecule has 0 spiro atoms. The molecule has 2 aromatic heterocycles. The molecule has 0 aliphatic heterocycles. The summed E-state index contributed by atoms with van der Waals surface area (Å²) in [6.07, 6.45) is 2.11. The summed E-state index contributed by atoms with van der Waals surface area (Å²) >= 11 is 11.9. The average molecular weight is 352 g/mol. The van der Waals surface area contributed by atoms with Gasteiger partial charge in [-0.3, -0.25) is 14.5 Å². The number of aldehydes is 1. The second-order valence-corrected chi connectivity index (χ2v) is 5.59. The molecule has 0 fully saturated rings. The maximum absolute atomic E-state index is 12.3. The van der Waals surface area contributed by atoms with Crippen molar-refractivity contribution in [3.05, 3.63) is 44.8 Å². The van der Waals surface area contributed by atoms with Crippen molar-refractivity contribution in [2.45, 2.75) is 6.54 Å². The maximum atomic E-state index is 12.3. The fourth-order valence-corrected chi connectivity index (χ4v) is 2.47. The Morgan fingerprint density at radius 3 is 2.83 bits per heavy atom. The van der Waals surface area contributed by atoms with E-state index in [0.29, 0.717) is 33.5 Å². The van der Waals surface area contributed by atoms with E-state index >= 15 is 0 Å². The summed E-state index contributed by atoms with van der Waals surface area (Å²) in [6.45, 7) is -0.00373. The topological polar surface area (TPSA) is 83.9 Å². The van der Waals surface area contributed by atoms with Gasteiger partial charge in [0.1, 0.15) is 11.8 Å². The van der Waals surface area contributed by atoms with Crippen LogP contribution in [0.15, 0.2) is 29.2 Å². The summed E-state index contributed by atoms with van der Waals surface area (Å²) in [7, 11) is 1.74. The average Bonchev–Trinajstić information content (AvgIpc) is 2.93. The number of fused-ring (bicyclic) bond motifs is 1. The second-order valence-electron chi connectivity index (χ2n) is 4.77. The molecule has 0 unspecified atom stereocenters. The van der Waals surface area contributed by atoms with Crippen molar-refractivity contribution in [3.63, 3.8) is 0 Å². The highest BCUT2D eigenvalue weighted by Gasteiger charge is 2.14. The highest BCUT2D eigenvalue weighted by atomic mass is 35.5. The van der Waals surface area contributed by atoms with Gasteiger partial charge in [0.15, 0.2) is 5.52 Å². The zero-order valence-corrected chi connectivity index (χ0v) is 13.5. The number of benzene rings is 1. The minimum absolute atomic E-state index is 0.00373. The van der Waals surface area contributed by atoms with Gasteiger partial charge in [0.05, 0.1) is 22.8 Å². The number of halogens is 2. The highest BCUT2D eigenvalue weighted by molar-refractivity contribution is 6.42. The van der Waals surface area contributed by atoms with E-state index in [-0.39, 0.29) is 17.6 Å². The molecule has 0 atom stereocenters. The van der Waals surface area contributed by atoms with E-state index in [4.69, 9.17) is 23.2 Å². The predicted molar refractivity (Wildman–Crippen MR) is 88.7 cm³/mol. The number of hydrogen-bond acceptors (Lipinski definition) is 5. The lowest BCUT2D eigenvalue weighted by Crippen LogP contribution is -2.20. The molecule has 2 heterocycles.